The van der Waals surface area contributed by atoms with Crippen LogP contribution in [-0.4, -0.2) is 39.0 Å². The topological polar surface area (TPSA) is 58.4 Å². The van der Waals surface area contributed by atoms with Crippen molar-refractivity contribution >= 4 is 6.09 Å². The molecule has 0 aliphatic carbocycles. The minimum atomic E-state index is -0.821. The third-order valence-electron chi connectivity index (χ3n) is 4.06. The van der Waals surface area contributed by atoms with Gasteiger partial charge in [-0.15, -0.1) is 0 Å². The Morgan fingerprint density at radius 3 is 2.71 bits per heavy atom. The summed E-state index contributed by atoms with van der Waals surface area (Å²) >= 11 is 0. The molecule has 1 aromatic carbocycles. The molecule has 1 aliphatic heterocycles. The van der Waals surface area contributed by atoms with Crippen LogP contribution in [0.4, 0.5) is 4.79 Å². The van der Waals surface area contributed by atoms with Crippen molar-refractivity contribution in [3.05, 3.63) is 47.8 Å². The quantitative estimate of drug-likeness (QED) is 0.922. The van der Waals surface area contributed by atoms with Gasteiger partial charge in [0.2, 0.25) is 0 Å². The van der Waals surface area contributed by atoms with Gasteiger partial charge in [0.25, 0.3) is 0 Å². The van der Waals surface area contributed by atoms with Crippen LogP contribution in [0.2, 0.25) is 0 Å². The van der Waals surface area contributed by atoms with Gasteiger partial charge in [-0.1, -0.05) is 12.1 Å². The van der Waals surface area contributed by atoms with Crippen LogP contribution >= 0.6 is 0 Å². The zero-order chi connectivity index (χ0) is 14.8. The molecule has 0 atom stereocenters. The van der Waals surface area contributed by atoms with Crippen LogP contribution in [0.15, 0.2) is 36.5 Å². The predicted molar refractivity (Wildman–Crippen MR) is 79.9 cm³/mol. The van der Waals surface area contributed by atoms with Crippen LogP contribution in [0.3, 0.4) is 0 Å². The number of piperidine rings is 1. The lowest BCUT2D eigenvalue weighted by Gasteiger charge is -2.28. The fraction of sp³-hybridized carbons (Fsp3) is 0.375. The second-order valence-corrected chi connectivity index (χ2v) is 5.57. The van der Waals surface area contributed by atoms with Crippen molar-refractivity contribution in [1.29, 1.82) is 0 Å². The van der Waals surface area contributed by atoms with Crippen molar-refractivity contribution in [2.75, 3.05) is 13.1 Å². The molecular formula is C16H19N3O2. The molecule has 21 heavy (non-hydrogen) atoms. The Morgan fingerprint density at radius 1 is 1.29 bits per heavy atom. The number of aromatic nitrogens is 2. The summed E-state index contributed by atoms with van der Waals surface area (Å²) in [4.78, 5) is 12.4. The third kappa shape index (κ3) is 2.91. The van der Waals surface area contributed by atoms with Crippen LogP contribution in [0.25, 0.3) is 5.69 Å². The number of benzene rings is 1. The van der Waals surface area contributed by atoms with Crippen molar-refractivity contribution in [2.24, 2.45) is 0 Å². The molecular weight excluding hydrogens is 266 g/mol. The van der Waals surface area contributed by atoms with E-state index in [4.69, 9.17) is 5.11 Å². The summed E-state index contributed by atoms with van der Waals surface area (Å²) in [6, 6.07) is 10.3. The Labute approximate surface area is 123 Å². The van der Waals surface area contributed by atoms with Crippen LogP contribution in [0, 0.1) is 6.92 Å². The average Bonchev–Trinajstić information content (AvgIpc) is 2.97. The zero-order valence-corrected chi connectivity index (χ0v) is 12.1. The van der Waals surface area contributed by atoms with E-state index in [0.29, 0.717) is 19.0 Å². The molecule has 1 fully saturated rings. The fourth-order valence-electron chi connectivity index (χ4n) is 2.84. The van der Waals surface area contributed by atoms with Gasteiger partial charge in [0.05, 0.1) is 11.4 Å². The molecule has 2 heterocycles. The maximum atomic E-state index is 10.9. The number of likely N-dealkylation sites (tertiary alicyclic amines) is 1. The maximum Gasteiger partial charge on any atom is 0.407 e. The first-order valence-electron chi connectivity index (χ1n) is 7.24. The highest BCUT2D eigenvalue weighted by Gasteiger charge is 2.24. The Balaban J connectivity index is 1.73. The van der Waals surface area contributed by atoms with E-state index < -0.39 is 6.09 Å². The fourth-order valence-corrected chi connectivity index (χ4v) is 2.84. The molecule has 0 unspecified atom stereocenters. The molecule has 3 rings (SSSR count). The summed E-state index contributed by atoms with van der Waals surface area (Å²) in [7, 11) is 0. The smallest absolute Gasteiger partial charge is 0.407 e. The molecule has 110 valence electrons. The predicted octanol–water partition coefficient (Wildman–Crippen LogP) is 3.04. The van der Waals surface area contributed by atoms with Gasteiger partial charge in [-0.25, -0.2) is 9.48 Å². The van der Waals surface area contributed by atoms with Crippen molar-refractivity contribution in [1.82, 2.24) is 14.7 Å². The van der Waals surface area contributed by atoms with E-state index in [2.05, 4.69) is 24.2 Å². The molecule has 1 N–H and O–H groups in total. The third-order valence-corrected chi connectivity index (χ3v) is 4.06. The van der Waals surface area contributed by atoms with Crippen molar-refractivity contribution in [3.63, 3.8) is 0 Å². The van der Waals surface area contributed by atoms with E-state index in [1.165, 1.54) is 10.5 Å². The largest absolute Gasteiger partial charge is 0.465 e. The molecule has 1 amide bonds. The Bertz CT molecular complexity index is 642. The zero-order valence-electron chi connectivity index (χ0n) is 12.1. The van der Waals surface area contributed by atoms with Crippen molar-refractivity contribution < 1.29 is 9.90 Å². The number of hydrogen-bond acceptors (Lipinski definition) is 2. The molecule has 0 saturated carbocycles. The van der Waals surface area contributed by atoms with Crippen LogP contribution < -0.4 is 0 Å². The van der Waals surface area contributed by atoms with E-state index in [1.807, 2.05) is 29.1 Å². The van der Waals surface area contributed by atoms with Gasteiger partial charge in [0.1, 0.15) is 0 Å². The van der Waals surface area contributed by atoms with E-state index in [-0.39, 0.29) is 0 Å². The lowest BCUT2D eigenvalue weighted by atomic mass is 9.94. The molecule has 0 radical (unpaired) electrons. The lowest BCUT2D eigenvalue weighted by molar-refractivity contribution is 0.131. The van der Waals surface area contributed by atoms with Gasteiger partial charge in [-0.2, -0.15) is 5.10 Å². The van der Waals surface area contributed by atoms with E-state index >= 15 is 0 Å². The van der Waals surface area contributed by atoms with Gasteiger partial charge in [0, 0.05) is 25.2 Å². The molecule has 0 bridgehead atoms. The molecule has 1 aromatic heterocycles. The number of carboxylic acid groups (broad SMARTS) is 1. The molecule has 5 nitrogen and oxygen atoms in total. The van der Waals surface area contributed by atoms with Gasteiger partial charge in [-0.3, -0.25) is 0 Å². The number of amides is 1. The SMILES string of the molecule is Cc1cccc(-n2ccc(C3CCN(C(=O)O)CC3)n2)c1. The number of carbonyl (C=O) groups is 1. The monoisotopic (exact) mass is 285 g/mol. The standard InChI is InChI=1S/C16H19N3O2/c1-12-3-2-4-14(11-12)19-10-7-15(17-19)13-5-8-18(9-6-13)16(20)21/h2-4,7,10-11,13H,5-6,8-9H2,1H3,(H,20,21). The summed E-state index contributed by atoms with van der Waals surface area (Å²) < 4.78 is 1.89. The van der Waals surface area contributed by atoms with Gasteiger partial charge >= 0.3 is 6.09 Å². The minimum Gasteiger partial charge on any atom is -0.465 e. The molecule has 5 heteroatoms. The van der Waals surface area contributed by atoms with Crippen LogP contribution in [0.1, 0.15) is 30.0 Å². The molecule has 1 aliphatic rings. The Hall–Kier alpha value is -2.30. The second-order valence-electron chi connectivity index (χ2n) is 5.57. The number of aryl methyl sites for hydroxylation is 1. The lowest BCUT2D eigenvalue weighted by Crippen LogP contribution is -2.36. The highest BCUT2D eigenvalue weighted by molar-refractivity contribution is 5.65. The van der Waals surface area contributed by atoms with Gasteiger partial charge < -0.3 is 10.0 Å². The number of nitrogens with zero attached hydrogens (tertiary/aromatic N) is 3. The van der Waals surface area contributed by atoms with Crippen molar-refractivity contribution in [3.8, 4) is 5.69 Å². The van der Waals surface area contributed by atoms with Crippen LogP contribution in [-0.2, 0) is 0 Å². The number of rotatable bonds is 2. The highest BCUT2D eigenvalue weighted by atomic mass is 16.4. The first-order valence-corrected chi connectivity index (χ1v) is 7.24. The summed E-state index contributed by atoms with van der Waals surface area (Å²) in [5.41, 5.74) is 3.32. The van der Waals surface area contributed by atoms with Gasteiger partial charge in [0.15, 0.2) is 0 Å². The minimum absolute atomic E-state index is 0.353. The molecule has 1 saturated heterocycles. The summed E-state index contributed by atoms with van der Waals surface area (Å²) in [6.45, 7) is 3.25. The second kappa shape index (κ2) is 5.60. The average molecular weight is 285 g/mol. The first-order chi connectivity index (χ1) is 10.1. The molecule has 2 aromatic rings. The summed E-state index contributed by atoms with van der Waals surface area (Å²) in [5.74, 6) is 0.353. The first kappa shape index (κ1) is 13.7. The Kier molecular flexibility index (Phi) is 3.64. The Morgan fingerprint density at radius 2 is 2.05 bits per heavy atom. The van der Waals surface area contributed by atoms with Crippen LogP contribution in [0.5, 0.6) is 0 Å². The highest BCUT2D eigenvalue weighted by Crippen LogP contribution is 2.27. The van der Waals surface area contributed by atoms with E-state index in [9.17, 15) is 4.79 Å². The maximum absolute atomic E-state index is 10.9. The van der Waals surface area contributed by atoms with Crippen molar-refractivity contribution in [2.45, 2.75) is 25.7 Å². The van der Waals surface area contributed by atoms with E-state index in [1.54, 1.807) is 0 Å². The van der Waals surface area contributed by atoms with E-state index in [0.717, 1.165) is 24.2 Å². The number of hydrogen-bond donors (Lipinski definition) is 1. The molecule has 0 spiro atoms. The summed E-state index contributed by atoms with van der Waals surface area (Å²) in [6.07, 6.45) is 2.85. The summed E-state index contributed by atoms with van der Waals surface area (Å²) in [5, 5.41) is 13.6. The normalized spacial score (nSPS) is 16.1. The van der Waals surface area contributed by atoms with Gasteiger partial charge in [-0.05, 0) is 43.5 Å².